The van der Waals surface area contributed by atoms with Crippen LogP contribution in [-0.2, 0) is 14.2 Å². The fraction of sp³-hybridized carbons (Fsp3) is 0.158. The molecule has 0 aliphatic carbocycles. The third kappa shape index (κ3) is 3.81. The molecule has 2 aromatic carbocycles. The summed E-state index contributed by atoms with van der Waals surface area (Å²) in [5.74, 6) is -0.965. The molecule has 3 rings (SSSR count). The van der Waals surface area contributed by atoms with E-state index in [4.69, 9.17) is 14.2 Å². The predicted octanol–water partition coefficient (Wildman–Crippen LogP) is 2.98. The minimum atomic E-state index is -0.699. The Morgan fingerprint density at radius 2 is 1.38 bits per heavy atom. The Morgan fingerprint density at radius 1 is 0.833 bits per heavy atom. The first-order chi connectivity index (χ1) is 11.7. The summed E-state index contributed by atoms with van der Waals surface area (Å²) in [6.45, 7) is 0.127. The van der Waals surface area contributed by atoms with Gasteiger partial charge in [0.1, 0.15) is 6.61 Å². The van der Waals surface area contributed by atoms with Crippen molar-refractivity contribution >= 4 is 11.9 Å². The lowest BCUT2D eigenvalue weighted by Crippen LogP contribution is -2.39. The highest BCUT2D eigenvalue weighted by Crippen LogP contribution is 2.16. The van der Waals surface area contributed by atoms with Crippen molar-refractivity contribution < 1.29 is 23.8 Å². The van der Waals surface area contributed by atoms with E-state index in [1.165, 1.54) is 6.26 Å². The van der Waals surface area contributed by atoms with Gasteiger partial charge in [0.15, 0.2) is 12.2 Å². The Kier molecular flexibility index (Phi) is 4.91. The van der Waals surface area contributed by atoms with Crippen molar-refractivity contribution in [1.29, 1.82) is 0 Å². The average Bonchev–Trinajstić information content (AvgIpc) is 2.64. The molecule has 0 spiro atoms. The molecule has 1 aliphatic heterocycles. The second-order valence-corrected chi connectivity index (χ2v) is 5.21. The topological polar surface area (TPSA) is 61.8 Å². The van der Waals surface area contributed by atoms with Crippen molar-refractivity contribution in [1.82, 2.24) is 0 Å². The monoisotopic (exact) mass is 324 g/mol. The Hall–Kier alpha value is -3.08. The van der Waals surface area contributed by atoms with E-state index in [-0.39, 0.29) is 6.61 Å². The van der Waals surface area contributed by atoms with Crippen LogP contribution in [0.4, 0.5) is 0 Å². The van der Waals surface area contributed by atoms with E-state index in [1.807, 2.05) is 12.1 Å². The normalized spacial score (nSPS) is 19.2. The number of hydrogen-bond acceptors (Lipinski definition) is 5. The number of hydrogen-bond donors (Lipinski definition) is 0. The summed E-state index contributed by atoms with van der Waals surface area (Å²) in [6, 6.07) is 17.3. The average molecular weight is 324 g/mol. The van der Waals surface area contributed by atoms with Crippen LogP contribution in [0.25, 0.3) is 0 Å². The molecule has 1 aliphatic rings. The van der Waals surface area contributed by atoms with Gasteiger partial charge in [0.2, 0.25) is 0 Å². The molecule has 1 heterocycles. The van der Waals surface area contributed by atoms with E-state index >= 15 is 0 Å². The largest absolute Gasteiger partial charge is 0.497 e. The molecule has 0 unspecified atom stereocenters. The van der Waals surface area contributed by atoms with Gasteiger partial charge in [-0.2, -0.15) is 0 Å². The van der Waals surface area contributed by atoms with E-state index in [2.05, 4.69) is 0 Å². The van der Waals surface area contributed by atoms with Crippen LogP contribution >= 0.6 is 0 Å². The Morgan fingerprint density at radius 3 is 1.96 bits per heavy atom. The zero-order valence-electron chi connectivity index (χ0n) is 12.8. The van der Waals surface area contributed by atoms with Crippen LogP contribution in [0.1, 0.15) is 20.7 Å². The van der Waals surface area contributed by atoms with Crippen molar-refractivity contribution in [3.63, 3.8) is 0 Å². The van der Waals surface area contributed by atoms with Gasteiger partial charge in [0.05, 0.1) is 17.4 Å². The van der Waals surface area contributed by atoms with Gasteiger partial charge in [0.25, 0.3) is 0 Å². The van der Waals surface area contributed by atoms with Crippen molar-refractivity contribution in [2.75, 3.05) is 6.61 Å². The maximum absolute atomic E-state index is 12.2. The van der Waals surface area contributed by atoms with E-state index in [0.29, 0.717) is 11.1 Å². The molecule has 2 aromatic rings. The van der Waals surface area contributed by atoms with Gasteiger partial charge in [0, 0.05) is 0 Å². The fourth-order valence-corrected chi connectivity index (χ4v) is 2.26. The molecule has 0 bridgehead atoms. The standard InChI is InChI=1S/C19H16O5/c20-18(14-7-3-1-4-8-14)23-16-11-12-22-13-17(16)24-19(21)15-9-5-2-6-10-15/h1-12,16-17H,13H2/t16-,17+/m1/s1. The van der Waals surface area contributed by atoms with E-state index in [0.717, 1.165) is 0 Å². The Bertz CT molecular complexity index is 724. The molecule has 122 valence electrons. The highest BCUT2D eigenvalue weighted by molar-refractivity contribution is 5.90. The number of carbonyl (C=O) groups is 2. The van der Waals surface area contributed by atoms with E-state index in [9.17, 15) is 9.59 Å². The minimum Gasteiger partial charge on any atom is -0.497 e. The maximum atomic E-state index is 12.2. The van der Waals surface area contributed by atoms with Crippen LogP contribution in [-0.4, -0.2) is 30.8 Å². The van der Waals surface area contributed by atoms with Gasteiger partial charge in [-0.3, -0.25) is 0 Å². The van der Waals surface area contributed by atoms with E-state index in [1.54, 1.807) is 54.6 Å². The van der Waals surface area contributed by atoms with Gasteiger partial charge in [-0.15, -0.1) is 0 Å². The first-order valence-corrected chi connectivity index (χ1v) is 7.54. The van der Waals surface area contributed by atoms with Crippen LogP contribution in [0, 0.1) is 0 Å². The van der Waals surface area contributed by atoms with Gasteiger partial charge in [-0.1, -0.05) is 36.4 Å². The third-order valence-corrected chi connectivity index (χ3v) is 3.51. The van der Waals surface area contributed by atoms with Crippen LogP contribution in [0.15, 0.2) is 73.0 Å². The molecule has 0 radical (unpaired) electrons. The van der Waals surface area contributed by atoms with Crippen LogP contribution in [0.3, 0.4) is 0 Å². The molecule has 5 nitrogen and oxygen atoms in total. The van der Waals surface area contributed by atoms with Gasteiger partial charge in [-0.05, 0) is 30.3 Å². The zero-order chi connectivity index (χ0) is 16.8. The molecule has 0 amide bonds. The summed E-state index contributed by atoms with van der Waals surface area (Å²) in [4.78, 5) is 24.3. The van der Waals surface area contributed by atoms with Gasteiger partial charge >= 0.3 is 11.9 Å². The molecule has 5 heteroatoms. The summed E-state index contributed by atoms with van der Waals surface area (Å²) in [7, 11) is 0. The molecule has 24 heavy (non-hydrogen) atoms. The summed E-state index contributed by atoms with van der Waals surface area (Å²) in [5.41, 5.74) is 0.866. The lowest BCUT2D eigenvalue weighted by Gasteiger charge is -2.27. The maximum Gasteiger partial charge on any atom is 0.338 e. The van der Waals surface area contributed by atoms with Crippen molar-refractivity contribution in [2.24, 2.45) is 0 Å². The number of rotatable bonds is 4. The molecule has 0 fully saturated rings. The molecular formula is C19H16O5. The molecular weight excluding hydrogens is 308 g/mol. The highest BCUT2D eigenvalue weighted by atomic mass is 16.6. The van der Waals surface area contributed by atoms with E-state index < -0.39 is 24.1 Å². The first kappa shape index (κ1) is 15.8. The van der Waals surface area contributed by atoms with Gasteiger partial charge < -0.3 is 14.2 Å². The highest BCUT2D eigenvalue weighted by Gasteiger charge is 2.30. The molecule has 0 N–H and O–H groups in total. The van der Waals surface area contributed by atoms with Crippen LogP contribution < -0.4 is 0 Å². The summed E-state index contributed by atoms with van der Waals surface area (Å²) < 4.78 is 16.1. The number of esters is 2. The van der Waals surface area contributed by atoms with Gasteiger partial charge in [-0.25, -0.2) is 9.59 Å². The summed E-state index contributed by atoms with van der Waals surface area (Å²) >= 11 is 0. The Labute approximate surface area is 139 Å². The molecule has 0 aromatic heterocycles. The van der Waals surface area contributed by atoms with Crippen molar-refractivity contribution in [2.45, 2.75) is 12.2 Å². The SMILES string of the molecule is O=C(O[C@H]1COC=C[C@H]1OC(=O)c1ccccc1)c1ccccc1. The molecule has 0 saturated heterocycles. The number of ether oxygens (including phenoxy) is 3. The minimum absolute atomic E-state index is 0.127. The van der Waals surface area contributed by atoms with Crippen LogP contribution in [0.5, 0.6) is 0 Å². The van der Waals surface area contributed by atoms with Crippen molar-refractivity contribution in [3.05, 3.63) is 84.1 Å². The summed E-state index contributed by atoms with van der Waals surface area (Å²) in [6.07, 6.45) is 1.61. The smallest absolute Gasteiger partial charge is 0.338 e. The first-order valence-electron chi connectivity index (χ1n) is 7.54. The quantitative estimate of drug-likeness (QED) is 0.809. The fourth-order valence-electron chi connectivity index (χ4n) is 2.26. The second-order valence-electron chi connectivity index (χ2n) is 5.21. The summed E-state index contributed by atoms with van der Waals surface area (Å²) in [5, 5.41) is 0. The third-order valence-electron chi connectivity index (χ3n) is 3.51. The lowest BCUT2D eigenvalue weighted by molar-refractivity contribution is -0.0491. The lowest BCUT2D eigenvalue weighted by atomic mass is 10.1. The number of carbonyl (C=O) groups excluding carboxylic acids is 2. The van der Waals surface area contributed by atoms with Crippen LogP contribution in [0.2, 0.25) is 0 Å². The predicted molar refractivity (Wildman–Crippen MR) is 86.4 cm³/mol. The molecule has 2 atom stereocenters. The zero-order valence-corrected chi connectivity index (χ0v) is 12.8. The Balaban J connectivity index is 1.67. The van der Waals surface area contributed by atoms with Crippen molar-refractivity contribution in [3.8, 4) is 0 Å². The molecule has 0 saturated carbocycles. The number of benzene rings is 2. The second kappa shape index (κ2) is 7.46.